The SMILES string of the molecule is CCN=C(CC1=CC=CC2CC12)N=C(N)C1CCNCC1. The van der Waals surface area contributed by atoms with Crippen LogP contribution in [-0.4, -0.2) is 31.3 Å². The molecule has 3 rings (SSSR count). The van der Waals surface area contributed by atoms with Gasteiger partial charge in [0.05, 0.1) is 0 Å². The Morgan fingerprint density at radius 2 is 2.19 bits per heavy atom. The van der Waals surface area contributed by atoms with E-state index in [1.165, 1.54) is 12.0 Å². The molecule has 0 aromatic heterocycles. The molecule has 0 aromatic carbocycles. The molecule has 0 spiro atoms. The molecule has 3 aliphatic rings. The van der Waals surface area contributed by atoms with Crippen LogP contribution >= 0.6 is 0 Å². The van der Waals surface area contributed by atoms with Crippen molar-refractivity contribution in [2.75, 3.05) is 19.6 Å². The summed E-state index contributed by atoms with van der Waals surface area (Å²) in [5.41, 5.74) is 7.72. The summed E-state index contributed by atoms with van der Waals surface area (Å²) >= 11 is 0. The number of hydrogen-bond donors (Lipinski definition) is 2. The molecule has 1 saturated carbocycles. The molecule has 2 unspecified atom stereocenters. The van der Waals surface area contributed by atoms with Crippen molar-refractivity contribution in [2.24, 2.45) is 33.5 Å². The van der Waals surface area contributed by atoms with Gasteiger partial charge in [-0.15, -0.1) is 0 Å². The minimum Gasteiger partial charge on any atom is -0.387 e. The highest BCUT2D eigenvalue weighted by atomic mass is 15.0. The van der Waals surface area contributed by atoms with Gasteiger partial charge in [-0.05, 0) is 51.1 Å². The van der Waals surface area contributed by atoms with E-state index in [2.05, 4.69) is 40.5 Å². The van der Waals surface area contributed by atoms with Crippen LogP contribution in [0.1, 0.15) is 32.6 Å². The second-order valence-corrected chi connectivity index (χ2v) is 6.26. The second-order valence-electron chi connectivity index (χ2n) is 6.26. The van der Waals surface area contributed by atoms with Crippen molar-refractivity contribution in [1.29, 1.82) is 0 Å². The van der Waals surface area contributed by atoms with Gasteiger partial charge in [0.25, 0.3) is 0 Å². The fourth-order valence-electron chi connectivity index (χ4n) is 3.34. The smallest absolute Gasteiger partial charge is 0.129 e. The summed E-state index contributed by atoms with van der Waals surface area (Å²) in [6.07, 6.45) is 11.1. The highest BCUT2D eigenvalue weighted by molar-refractivity contribution is 5.98. The molecule has 0 aromatic rings. The van der Waals surface area contributed by atoms with Crippen molar-refractivity contribution >= 4 is 11.7 Å². The van der Waals surface area contributed by atoms with Crippen molar-refractivity contribution in [3.05, 3.63) is 23.8 Å². The number of aliphatic imine (C=N–C) groups is 2. The Hall–Kier alpha value is -1.42. The van der Waals surface area contributed by atoms with Gasteiger partial charge in [-0.3, -0.25) is 4.99 Å². The molecule has 21 heavy (non-hydrogen) atoms. The van der Waals surface area contributed by atoms with Crippen LogP contribution in [-0.2, 0) is 0 Å². The summed E-state index contributed by atoms with van der Waals surface area (Å²) in [5.74, 6) is 3.64. The second kappa shape index (κ2) is 6.56. The molecule has 1 heterocycles. The highest BCUT2D eigenvalue weighted by Gasteiger charge is 2.39. The predicted octanol–water partition coefficient (Wildman–Crippen LogP) is 2.28. The standard InChI is InChI=1S/C17H26N4/c1-2-20-16(11-14-5-3-4-13-10-15(13)14)21-17(18)12-6-8-19-9-7-12/h3-5,12-13,15,19H,2,6-11H2,1H3,(H2,18,20,21). The first-order valence-electron chi connectivity index (χ1n) is 8.23. The first-order chi connectivity index (χ1) is 10.3. The number of nitrogens with one attached hydrogen (secondary N) is 1. The summed E-state index contributed by atoms with van der Waals surface area (Å²) in [5, 5.41) is 3.37. The van der Waals surface area contributed by atoms with Crippen molar-refractivity contribution in [1.82, 2.24) is 5.32 Å². The summed E-state index contributed by atoms with van der Waals surface area (Å²) < 4.78 is 0. The third-order valence-electron chi connectivity index (χ3n) is 4.70. The Morgan fingerprint density at radius 3 is 2.95 bits per heavy atom. The maximum atomic E-state index is 6.24. The Bertz CT molecular complexity index is 495. The zero-order valence-corrected chi connectivity index (χ0v) is 12.9. The van der Waals surface area contributed by atoms with Crippen molar-refractivity contribution in [2.45, 2.75) is 32.6 Å². The number of nitrogens with zero attached hydrogens (tertiary/aromatic N) is 2. The molecular weight excluding hydrogens is 260 g/mol. The lowest BCUT2D eigenvalue weighted by atomic mass is 9.97. The zero-order valence-electron chi connectivity index (χ0n) is 12.9. The fraction of sp³-hybridized carbons (Fsp3) is 0.647. The van der Waals surface area contributed by atoms with Gasteiger partial charge < -0.3 is 11.1 Å². The number of piperidine rings is 1. The molecule has 2 aliphatic carbocycles. The summed E-state index contributed by atoms with van der Waals surface area (Å²) in [7, 11) is 0. The molecule has 3 N–H and O–H groups in total. The van der Waals surface area contributed by atoms with E-state index >= 15 is 0 Å². The average molecular weight is 286 g/mol. The third kappa shape index (κ3) is 3.62. The summed E-state index contributed by atoms with van der Waals surface area (Å²) in [4.78, 5) is 9.26. The van der Waals surface area contributed by atoms with Crippen LogP contribution in [0, 0.1) is 17.8 Å². The van der Waals surface area contributed by atoms with Crippen LogP contribution in [0.25, 0.3) is 0 Å². The van der Waals surface area contributed by atoms with Gasteiger partial charge in [0.15, 0.2) is 0 Å². The number of allylic oxidation sites excluding steroid dienone is 3. The Labute approximate surface area is 127 Å². The lowest BCUT2D eigenvalue weighted by Gasteiger charge is -2.22. The molecule has 114 valence electrons. The molecule has 1 aliphatic heterocycles. The van der Waals surface area contributed by atoms with E-state index in [0.717, 1.165) is 62.4 Å². The van der Waals surface area contributed by atoms with Crippen LogP contribution < -0.4 is 11.1 Å². The molecule has 2 fully saturated rings. The topological polar surface area (TPSA) is 62.8 Å². The number of nitrogens with two attached hydrogens (primary N) is 1. The maximum Gasteiger partial charge on any atom is 0.129 e. The Morgan fingerprint density at radius 1 is 1.38 bits per heavy atom. The summed E-state index contributed by atoms with van der Waals surface area (Å²) in [6.45, 7) is 4.92. The molecule has 0 bridgehead atoms. The maximum absolute atomic E-state index is 6.24. The van der Waals surface area contributed by atoms with Crippen molar-refractivity contribution < 1.29 is 0 Å². The first kappa shape index (κ1) is 14.5. The molecule has 4 heteroatoms. The molecule has 1 saturated heterocycles. The number of fused-ring (bicyclic) bond motifs is 1. The number of rotatable bonds is 4. The van der Waals surface area contributed by atoms with E-state index in [0.29, 0.717) is 5.92 Å². The third-order valence-corrected chi connectivity index (χ3v) is 4.70. The quantitative estimate of drug-likeness (QED) is 0.615. The molecule has 0 radical (unpaired) electrons. The number of hydrogen-bond acceptors (Lipinski definition) is 2. The van der Waals surface area contributed by atoms with Crippen LogP contribution in [0.3, 0.4) is 0 Å². The van der Waals surface area contributed by atoms with Gasteiger partial charge >= 0.3 is 0 Å². The van der Waals surface area contributed by atoms with E-state index < -0.39 is 0 Å². The zero-order chi connectivity index (χ0) is 14.7. The average Bonchev–Trinajstić information content (AvgIpc) is 3.29. The minimum atomic E-state index is 0.419. The monoisotopic (exact) mass is 286 g/mol. The minimum absolute atomic E-state index is 0.419. The fourth-order valence-corrected chi connectivity index (χ4v) is 3.34. The Kier molecular flexibility index (Phi) is 4.54. The van der Waals surface area contributed by atoms with Gasteiger partial charge in [-0.2, -0.15) is 0 Å². The predicted molar refractivity (Wildman–Crippen MR) is 88.6 cm³/mol. The van der Waals surface area contributed by atoms with E-state index in [1.54, 1.807) is 0 Å². The van der Waals surface area contributed by atoms with E-state index in [-0.39, 0.29) is 0 Å². The highest BCUT2D eigenvalue weighted by Crippen LogP contribution is 2.48. The van der Waals surface area contributed by atoms with Gasteiger partial charge in [0, 0.05) is 18.9 Å². The van der Waals surface area contributed by atoms with Crippen LogP contribution in [0.5, 0.6) is 0 Å². The van der Waals surface area contributed by atoms with Crippen LogP contribution in [0.4, 0.5) is 0 Å². The van der Waals surface area contributed by atoms with E-state index in [4.69, 9.17) is 5.73 Å². The van der Waals surface area contributed by atoms with Crippen molar-refractivity contribution in [3.8, 4) is 0 Å². The van der Waals surface area contributed by atoms with Crippen LogP contribution in [0.2, 0.25) is 0 Å². The largest absolute Gasteiger partial charge is 0.387 e. The van der Waals surface area contributed by atoms with Gasteiger partial charge in [-0.25, -0.2) is 4.99 Å². The van der Waals surface area contributed by atoms with Gasteiger partial charge in [0.1, 0.15) is 11.7 Å². The molecule has 4 nitrogen and oxygen atoms in total. The Balaban J connectivity index is 1.68. The molecular formula is C17H26N4. The molecule has 2 atom stereocenters. The normalized spacial score (nSPS) is 30.0. The lowest BCUT2D eigenvalue weighted by molar-refractivity contribution is 0.454. The molecule has 0 amide bonds. The van der Waals surface area contributed by atoms with E-state index in [9.17, 15) is 0 Å². The van der Waals surface area contributed by atoms with Crippen LogP contribution in [0.15, 0.2) is 33.8 Å². The first-order valence-corrected chi connectivity index (χ1v) is 8.23. The van der Waals surface area contributed by atoms with Gasteiger partial charge in [0.2, 0.25) is 0 Å². The number of amidine groups is 2. The van der Waals surface area contributed by atoms with Crippen molar-refractivity contribution in [3.63, 3.8) is 0 Å². The van der Waals surface area contributed by atoms with E-state index in [1.807, 2.05) is 0 Å². The lowest BCUT2D eigenvalue weighted by Crippen LogP contribution is -2.35. The summed E-state index contributed by atoms with van der Waals surface area (Å²) in [6, 6.07) is 0. The van der Waals surface area contributed by atoms with Gasteiger partial charge in [-0.1, -0.05) is 23.8 Å².